The Morgan fingerprint density at radius 1 is 1.08 bits per heavy atom. The topological polar surface area (TPSA) is 73.6 Å². The number of hydrogen-bond acceptors (Lipinski definition) is 4. The summed E-state index contributed by atoms with van der Waals surface area (Å²) in [6, 6.07) is 0. The Hall–Kier alpha value is -0.970. The van der Waals surface area contributed by atoms with Gasteiger partial charge < -0.3 is 15.3 Å². The van der Waals surface area contributed by atoms with E-state index in [2.05, 4.69) is 4.98 Å². The highest BCUT2D eigenvalue weighted by atomic mass is 16.3. The number of aromatic nitrogens is 1. The van der Waals surface area contributed by atoms with E-state index in [1.54, 1.807) is 6.92 Å². The first-order valence-corrected chi connectivity index (χ1v) is 4.03. The molecule has 0 unspecified atom stereocenters. The van der Waals surface area contributed by atoms with Gasteiger partial charge in [0.2, 0.25) is 0 Å². The van der Waals surface area contributed by atoms with Crippen molar-refractivity contribution >= 4 is 0 Å². The quantitative estimate of drug-likeness (QED) is 0.610. The Morgan fingerprint density at radius 3 is 2.15 bits per heavy atom. The molecule has 4 nitrogen and oxygen atoms in total. The van der Waals surface area contributed by atoms with Crippen LogP contribution in [-0.2, 0) is 19.8 Å². The van der Waals surface area contributed by atoms with Crippen LogP contribution in [0.15, 0.2) is 6.20 Å². The van der Waals surface area contributed by atoms with Gasteiger partial charge in [0.1, 0.15) is 0 Å². The maximum atomic E-state index is 9.04. The summed E-state index contributed by atoms with van der Waals surface area (Å²) in [5.41, 5.74) is 2.44. The Kier molecular flexibility index (Phi) is 3.36. The summed E-state index contributed by atoms with van der Waals surface area (Å²) < 4.78 is 0. The zero-order valence-electron chi connectivity index (χ0n) is 7.49. The first-order chi connectivity index (χ1) is 6.24. The summed E-state index contributed by atoms with van der Waals surface area (Å²) >= 11 is 0. The average Bonchev–Trinajstić information content (AvgIpc) is 2.17. The minimum Gasteiger partial charge on any atom is -0.392 e. The number of pyridine rings is 1. The van der Waals surface area contributed by atoms with E-state index in [9.17, 15) is 0 Å². The Balaban J connectivity index is 3.27. The van der Waals surface area contributed by atoms with E-state index in [-0.39, 0.29) is 19.8 Å². The van der Waals surface area contributed by atoms with Crippen molar-refractivity contribution in [2.24, 2.45) is 0 Å². The van der Waals surface area contributed by atoms with Crippen molar-refractivity contribution in [1.29, 1.82) is 0 Å². The highest BCUT2D eigenvalue weighted by molar-refractivity contribution is 5.34. The van der Waals surface area contributed by atoms with E-state index >= 15 is 0 Å². The molecule has 0 aliphatic carbocycles. The predicted octanol–water partition coefficient (Wildman–Crippen LogP) is -0.133. The van der Waals surface area contributed by atoms with Gasteiger partial charge in [-0.2, -0.15) is 0 Å². The second kappa shape index (κ2) is 4.32. The van der Waals surface area contributed by atoms with Gasteiger partial charge in [-0.3, -0.25) is 4.98 Å². The van der Waals surface area contributed by atoms with E-state index in [0.29, 0.717) is 22.4 Å². The molecule has 3 N–H and O–H groups in total. The molecule has 4 heteroatoms. The minimum absolute atomic E-state index is 0.164. The van der Waals surface area contributed by atoms with Crippen LogP contribution in [0.3, 0.4) is 0 Å². The van der Waals surface area contributed by atoms with Crippen molar-refractivity contribution in [3.63, 3.8) is 0 Å². The molecule has 0 aliphatic rings. The molecule has 1 aromatic heterocycles. The number of rotatable bonds is 3. The summed E-state index contributed by atoms with van der Waals surface area (Å²) in [5.74, 6) is 0. The molecule has 0 saturated heterocycles. The molecular weight excluding hydrogens is 170 g/mol. The lowest BCUT2D eigenvalue weighted by atomic mass is 10.0. The van der Waals surface area contributed by atoms with Crippen LogP contribution in [0.1, 0.15) is 22.4 Å². The summed E-state index contributed by atoms with van der Waals surface area (Å²) in [7, 11) is 0. The molecule has 0 saturated carbocycles. The van der Waals surface area contributed by atoms with Crippen LogP contribution in [0, 0.1) is 6.92 Å². The zero-order chi connectivity index (χ0) is 9.84. The SMILES string of the molecule is Cc1ncc(CO)c(CO)c1CO. The van der Waals surface area contributed by atoms with E-state index in [0.717, 1.165) is 0 Å². The Bertz CT molecular complexity index is 299. The van der Waals surface area contributed by atoms with Crippen LogP contribution >= 0.6 is 0 Å². The molecule has 0 amide bonds. The van der Waals surface area contributed by atoms with Gasteiger partial charge in [-0.25, -0.2) is 0 Å². The third-order valence-electron chi connectivity index (χ3n) is 2.09. The number of aliphatic hydroxyl groups excluding tert-OH is 3. The van der Waals surface area contributed by atoms with Crippen molar-refractivity contribution in [2.75, 3.05) is 0 Å². The van der Waals surface area contributed by atoms with Crippen LogP contribution in [0.5, 0.6) is 0 Å². The first kappa shape index (κ1) is 10.1. The van der Waals surface area contributed by atoms with Crippen molar-refractivity contribution in [3.05, 3.63) is 28.6 Å². The van der Waals surface area contributed by atoms with Gasteiger partial charge in [-0.1, -0.05) is 0 Å². The van der Waals surface area contributed by atoms with Gasteiger partial charge in [0.25, 0.3) is 0 Å². The highest BCUT2D eigenvalue weighted by Crippen LogP contribution is 2.17. The largest absolute Gasteiger partial charge is 0.392 e. The lowest BCUT2D eigenvalue weighted by molar-refractivity contribution is 0.246. The van der Waals surface area contributed by atoms with E-state index in [4.69, 9.17) is 15.3 Å². The fourth-order valence-electron chi connectivity index (χ4n) is 1.29. The summed E-state index contributed by atoms with van der Waals surface area (Å²) in [5, 5.41) is 27.0. The molecule has 1 heterocycles. The smallest absolute Gasteiger partial charge is 0.0703 e. The monoisotopic (exact) mass is 183 g/mol. The molecular formula is C9H13NO3. The molecule has 0 spiro atoms. The van der Waals surface area contributed by atoms with Crippen LogP contribution in [0.4, 0.5) is 0 Å². The van der Waals surface area contributed by atoms with Crippen LogP contribution in [-0.4, -0.2) is 20.3 Å². The highest BCUT2D eigenvalue weighted by Gasteiger charge is 2.09. The Morgan fingerprint density at radius 2 is 1.69 bits per heavy atom. The first-order valence-electron chi connectivity index (χ1n) is 4.03. The number of hydrogen-bond donors (Lipinski definition) is 3. The molecule has 0 radical (unpaired) electrons. The number of aliphatic hydroxyl groups is 3. The molecule has 0 aliphatic heterocycles. The second-order valence-corrected chi connectivity index (χ2v) is 2.80. The average molecular weight is 183 g/mol. The standard InChI is InChI=1S/C9H13NO3/c1-6-8(4-12)9(5-13)7(3-11)2-10-6/h2,11-13H,3-5H2,1H3. The van der Waals surface area contributed by atoms with Crippen molar-refractivity contribution < 1.29 is 15.3 Å². The minimum atomic E-state index is -0.185. The third-order valence-corrected chi connectivity index (χ3v) is 2.09. The molecule has 0 bridgehead atoms. The summed E-state index contributed by atoms with van der Waals surface area (Å²) in [4.78, 5) is 4.00. The predicted molar refractivity (Wildman–Crippen MR) is 46.7 cm³/mol. The van der Waals surface area contributed by atoms with Crippen LogP contribution in [0.2, 0.25) is 0 Å². The fraction of sp³-hybridized carbons (Fsp3) is 0.444. The molecule has 72 valence electrons. The van der Waals surface area contributed by atoms with Crippen molar-refractivity contribution in [3.8, 4) is 0 Å². The van der Waals surface area contributed by atoms with Gasteiger partial charge in [0.15, 0.2) is 0 Å². The molecule has 13 heavy (non-hydrogen) atoms. The lowest BCUT2D eigenvalue weighted by Gasteiger charge is -2.11. The number of aryl methyl sites for hydroxylation is 1. The molecule has 1 rings (SSSR count). The lowest BCUT2D eigenvalue weighted by Crippen LogP contribution is -2.05. The Labute approximate surface area is 76.5 Å². The van der Waals surface area contributed by atoms with E-state index < -0.39 is 0 Å². The molecule has 0 atom stereocenters. The molecule has 1 aromatic rings. The summed E-state index contributed by atoms with van der Waals surface area (Å²) in [6.07, 6.45) is 1.51. The van der Waals surface area contributed by atoms with Gasteiger partial charge in [0, 0.05) is 23.0 Å². The normalized spacial score (nSPS) is 10.5. The fourth-order valence-corrected chi connectivity index (χ4v) is 1.29. The van der Waals surface area contributed by atoms with Crippen molar-refractivity contribution in [2.45, 2.75) is 26.7 Å². The second-order valence-electron chi connectivity index (χ2n) is 2.80. The summed E-state index contributed by atoms with van der Waals surface area (Å²) in [6.45, 7) is 1.24. The van der Waals surface area contributed by atoms with Gasteiger partial charge in [-0.05, 0) is 12.5 Å². The van der Waals surface area contributed by atoms with Crippen LogP contribution < -0.4 is 0 Å². The van der Waals surface area contributed by atoms with Gasteiger partial charge >= 0.3 is 0 Å². The van der Waals surface area contributed by atoms with E-state index in [1.165, 1.54) is 6.20 Å². The zero-order valence-corrected chi connectivity index (χ0v) is 7.49. The maximum Gasteiger partial charge on any atom is 0.0703 e. The third kappa shape index (κ3) is 1.85. The van der Waals surface area contributed by atoms with Crippen LogP contribution in [0.25, 0.3) is 0 Å². The molecule has 0 fully saturated rings. The molecule has 0 aromatic carbocycles. The van der Waals surface area contributed by atoms with Gasteiger partial charge in [-0.15, -0.1) is 0 Å². The van der Waals surface area contributed by atoms with Gasteiger partial charge in [0.05, 0.1) is 19.8 Å². The maximum absolute atomic E-state index is 9.04. The number of nitrogens with zero attached hydrogens (tertiary/aromatic N) is 1. The van der Waals surface area contributed by atoms with E-state index in [1.807, 2.05) is 0 Å². The van der Waals surface area contributed by atoms with Crippen molar-refractivity contribution in [1.82, 2.24) is 4.98 Å².